The Labute approximate surface area is 174 Å². The summed E-state index contributed by atoms with van der Waals surface area (Å²) in [6.07, 6.45) is 1.83. The summed E-state index contributed by atoms with van der Waals surface area (Å²) in [6.45, 7) is 4.17. The van der Waals surface area contributed by atoms with Crippen LogP contribution < -0.4 is 5.32 Å². The molecule has 6 nitrogen and oxygen atoms in total. The van der Waals surface area contributed by atoms with Crippen molar-refractivity contribution in [2.45, 2.75) is 26.3 Å². The van der Waals surface area contributed by atoms with Gasteiger partial charge in [-0.1, -0.05) is 46.6 Å². The van der Waals surface area contributed by atoms with Gasteiger partial charge in [0.1, 0.15) is 0 Å². The Balaban J connectivity index is 1.35. The average Bonchev–Trinajstić information content (AvgIpc) is 3.19. The Kier molecular flexibility index (Phi) is 5.92. The highest BCUT2D eigenvalue weighted by molar-refractivity contribution is 6.30. The molecular weight excluding hydrogens is 388 g/mol. The molecule has 1 saturated heterocycles. The molecule has 0 spiro atoms. The van der Waals surface area contributed by atoms with Gasteiger partial charge in [-0.05, 0) is 50.6 Å². The number of amides is 1. The summed E-state index contributed by atoms with van der Waals surface area (Å²) in [5.74, 6) is 1.12. The van der Waals surface area contributed by atoms with Gasteiger partial charge in [-0.15, -0.1) is 0 Å². The highest BCUT2D eigenvalue weighted by atomic mass is 35.5. The second-order valence-corrected chi connectivity index (χ2v) is 7.88. The Bertz CT molecular complexity index is 969. The van der Waals surface area contributed by atoms with E-state index in [2.05, 4.69) is 20.4 Å². The summed E-state index contributed by atoms with van der Waals surface area (Å²) in [7, 11) is 0. The van der Waals surface area contributed by atoms with E-state index in [9.17, 15) is 4.79 Å². The lowest BCUT2D eigenvalue weighted by atomic mass is 9.97. The predicted octanol–water partition coefficient (Wildman–Crippen LogP) is 4.55. The molecule has 1 fully saturated rings. The van der Waals surface area contributed by atoms with Crippen LogP contribution in [0.1, 0.15) is 24.3 Å². The van der Waals surface area contributed by atoms with Gasteiger partial charge in [0, 0.05) is 22.8 Å². The first-order chi connectivity index (χ1) is 14.1. The first kappa shape index (κ1) is 19.6. The van der Waals surface area contributed by atoms with Crippen LogP contribution in [0.2, 0.25) is 5.02 Å². The van der Waals surface area contributed by atoms with Gasteiger partial charge in [0.2, 0.25) is 17.6 Å². The Hall–Kier alpha value is -2.70. The first-order valence-electron chi connectivity index (χ1n) is 9.75. The molecule has 4 rings (SSSR count). The van der Waals surface area contributed by atoms with Crippen molar-refractivity contribution in [2.24, 2.45) is 5.92 Å². The van der Waals surface area contributed by atoms with E-state index >= 15 is 0 Å². The summed E-state index contributed by atoms with van der Waals surface area (Å²) in [6, 6.07) is 15.2. The molecular formula is C22H23ClN4O2. The lowest BCUT2D eigenvalue weighted by molar-refractivity contribution is -0.121. The van der Waals surface area contributed by atoms with Crippen LogP contribution >= 0.6 is 11.6 Å². The van der Waals surface area contributed by atoms with E-state index in [0.717, 1.165) is 30.6 Å². The maximum absolute atomic E-state index is 12.6. The van der Waals surface area contributed by atoms with Gasteiger partial charge in [-0.2, -0.15) is 4.98 Å². The number of carbonyl (C=O) groups is 1. The van der Waals surface area contributed by atoms with Crippen molar-refractivity contribution in [3.05, 3.63) is 65.0 Å². The second-order valence-electron chi connectivity index (χ2n) is 7.45. The van der Waals surface area contributed by atoms with Crippen LogP contribution in [0.4, 0.5) is 5.69 Å². The molecule has 1 aromatic heterocycles. The SMILES string of the molecule is Cc1ccc(-c2noc(CN3CCCC(C(=O)Nc4ccc(Cl)cc4)C3)n2)cc1. The third kappa shape index (κ3) is 5.02. The van der Waals surface area contributed by atoms with Crippen LogP contribution in [-0.4, -0.2) is 34.0 Å². The van der Waals surface area contributed by atoms with E-state index < -0.39 is 0 Å². The molecule has 0 aliphatic carbocycles. The standard InChI is InChI=1S/C22H23ClN4O2/c1-15-4-6-16(7-5-15)21-25-20(29-26-21)14-27-12-2-3-17(13-27)22(28)24-19-10-8-18(23)9-11-19/h4-11,17H,2-3,12-14H2,1H3,(H,24,28). The van der Waals surface area contributed by atoms with E-state index in [0.29, 0.717) is 29.8 Å². The molecule has 0 bridgehead atoms. The minimum absolute atomic E-state index is 0.0305. The third-order valence-corrected chi connectivity index (χ3v) is 5.38. The lowest BCUT2D eigenvalue weighted by Crippen LogP contribution is -2.40. The molecule has 2 aromatic carbocycles. The lowest BCUT2D eigenvalue weighted by Gasteiger charge is -2.30. The fourth-order valence-corrected chi connectivity index (χ4v) is 3.65. The Morgan fingerprint density at radius 1 is 1.21 bits per heavy atom. The number of halogens is 1. The quantitative estimate of drug-likeness (QED) is 0.668. The van der Waals surface area contributed by atoms with E-state index in [1.807, 2.05) is 43.3 Å². The van der Waals surface area contributed by atoms with Gasteiger partial charge >= 0.3 is 0 Å². The van der Waals surface area contributed by atoms with Crippen LogP contribution in [0.5, 0.6) is 0 Å². The number of aryl methyl sites for hydroxylation is 1. The van der Waals surface area contributed by atoms with Gasteiger partial charge < -0.3 is 9.84 Å². The van der Waals surface area contributed by atoms with Crippen molar-refractivity contribution in [3.63, 3.8) is 0 Å². The summed E-state index contributed by atoms with van der Waals surface area (Å²) in [5, 5.41) is 7.72. The predicted molar refractivity (Wildman–Crippen MR) is 113 cm³/mol. The maximum Gasteiger partial charge on any atom is 0.241 e. The van der Waals surface area contributed by atoms with Gasteiger partial charge in [0.25, 0.3) is 0 Å². The number of anilines is 1. The minimum atomic E-state index is -0.0704. The fourth-order valence-electron chi connectivity index (χ4n) is 3.52. The highest BCUT2D eigenvalue weighted by Gasteiger charge is 2.27. The normalized spacial score (nSPS) is 17.2. The smallest absolute Gasteiger partial charge is 0.241 e. The third-order valence-electron chi connectivity index (χ3n) is 5.12. The molecule has 150 valence electrons. The molecule has 1 unspecified atom stereocenters. The Morgan fingerprint density at radius 3 is 2.72 bits per heavy atom. The monoisotopic (exact) mass is 410 g/mol. The number of piperidine rings is 1. The van der Waals surface area contributed by atoms with E-state index in [1.54, 1.807) is 12.1 Å². The van der Waals surface area contributed by atoms with Gasteiger partial charge in [0.05, 0.1) is 12.5 Å². The fraction of sp³-hybridized carbons (Fsp3) is 0.318. The van der Waals surface area contributed by atoms with Crippen LogP contribution in [0.3, 0.4) is 0 Å². The molecule has 1 N–H and O–H groups in total. The summed E-state index contributed by atoms with van der Waals surface area (Å²) >= 11 is 5.90. The van der Waals surface area contributed by atoms with Gasteiger partial charge in [0.15, 0.2) is 0 Å². The number of hydrogen-bond donors (Lipinski definition) is 1. The number of hydrogen-bond acceptors (Lipinski definition) is 5. The molecule has 1 aliphatic heterocycles. The number of rotatable bonds is 5. The molecule has 0 saturated carbocycles. The molecule has 1 atom stereocenters. The zero-order chi connectivity index (χ0) is 20.2. The topological polar surface area (TPSA) is 71.3 Å². The number of carbonyl (C=O) groups excluding carboxylic acids is 1. The molecule has 0 radical (unpaired) electrons. The van der Waals surface area contributed by atoms with E-state index in [-0.39, 0.29) is 11.8 Å². The molecule has 7 heteroatoms. The Morgan fingerprint density at radius 2 is 1.97 bits per heavy atom. The van der Waals surface area contributed by atoms with Crippen molar-refractivity contribution in [3.8, 4) is 11.4 Å². The zero-order valence-electron chi connectivity index (χ0n) is 16.3. The van der Waals surface area contributed by atoms with Crippen LogP contribution in [0.25, 0.3) is 11.4 Å². The van der Waals surface area contributed by atoms with Crippen LogP contribution in [-0.2, 0) is 11.3 Å². The van der Waals surface area contributed by atoms with Crippen molar-refractivity contribution in [1.29, 1.82) is 0 Å². The van der Waals surface area contributed by atoms with Crippen molar-refractivity contribution in [2.75, 3.05) is 18.4 Å². The summed E-state index contributed by atoms with van der Waals surface area (Å²) < 4.78 is 5.44. The van der Waals surface area contributed by atoms with Gasteiger partial charge in [-0.3, -0.25) is 9.69 Å². The number of likely N-dealkylation sites (tertiary alicyclic amines) is 1. The molecule has 1 aliphatic rings. The molecule has 1 amide bonds. The second kappa shape index (κ2) is 8.76. The highest BCUT2D eigenvalue weighted by Crippen LogP contribution is 2.22. The van der Waals surface area contributed by atoms with Crippen LogP contribution in [0, 0.1) is 12.8 Å². The van der Waals surface area contributed by atoms with E-state index in [1.165, 1.54) is 5.56 Å². The zero-order valence-corrected chi connectivity index (χ0v) is 17.0. The summed E-state index contributed by atoms with van der Waals surface area (Å²) in [4.78, 5) is 19.4. The van der Waals surface area contributed by atoms with E-state index in [4.69, 9.17) is 16.1 Å². The number of nitrogens with zero attached hydrogens (tertiary/aromatic N) is 3. The minimum Gasteiger partial charge on any atom is -0.338 e. The van der Waals surface area contributed by atoms with Crippen molar-refractivity contribution < 1.29 is 9.32 Å². The summed E-state index contributed by atoms with van der Waals surface area (Å²) in [5.41, 5.74) is 2.88. The number of benzene rings is 2. The van der Waals surface area contributed by atoms with Gasteiger partial charge in [-0.25, -0.2) is 0 Å². The maximum atomic E-state index is 12.6. The molecule has 29 heavy (non-hydrogen) atoms. The first-order valence-corrected chi connectivity index (χ1v) is 10.1. The molecule has 2 heterocycles. The molecule has 3 aromatic rings. The van der Waals surface area contributed by atoms with Crippen molar-refractivity contribution >= 4 is 23.2 Å². The largest absolute Gasteiger partial charge is 0.338 e. The number of aromatic nitrogens is 2. The number of nitrogens with one attached hydrogen (secondary N) is 1. The van der Waals surface area contributed by atoms with Crippen molar-refractivity contribution in [1.82, 2.24) is 15.0 Å². The average molecular weight is 411 g/mol. The van der Waals surface area contributed by atoms with Crippen LogP contribution in [0.15, 0.2) is 53.1 Å².